The zero-order valence-electron chi connectivity index (χ0n) is 15.2. The summed E-state index contributed by atoms with van der Waals surface area (Å²) in [5.41, 5.74) is 4.27. The third-order valence-electron chi connectivity index (χ3n) is 4.92. The van der Waals surface area contributed by atoms with E-state index >= 15 is 0 Å². The molecule has 134 valence electrons. The first-order chi connectivity index (χ1) is 12.4. The Kier molecular flexibility index (Phi) is 4.89. The van der Waals surface area contributed by atoms with Gasteiger partial charge in [-0.15, -0.1) is 0 Å². The minimum absolute atomic E-state index is 0.0200. The van der Waals surface area contributed by atoms with Crippen LogP contribution in [0.4, 0.5) is 11.4 Å². The quantitative estimate of drug-likeness (QED) is 0.858. The molecule has 5 heteroatoms. The summed E-state index contributed by atoms with van der Waals surface area (Å²) in [5.74, 6) is -0.629. The summed E-state index contributed by atoms with van der Waals surface area (Å²) in [5, 5.41) is 2.84. The first-order valence-electron chi connectivity index (χ1n) is 8.65. The molecule has 0 radical (unpaired) electrons. The van der Waals surface area contributed by atoms with Crippen molar-refractivity contribution in [2.45, 2.75) is 27.2 Å². The molecule has 1 N–H and O–H groups in total. The summed E-state index contributed by atoms with van der Waals surface area (Å²) < 4.78 is 0. The van der Waals surface area contributed by atoms with E-state index in [1.165, 1.54) is 6.92 Å². The maximum absolute atomic E-state index is 12.6. The van der Waals surface area contributed by atoms with Crippen LogP contribution in [0, 0.1) is 19.8 Å². The Labute approximate surface area is 153 Å². The third kappa shape index (κ3) is 3.52. The molecule has 1 aliphatic rings. The molecule has 2 amide bonds. The van der Waals surface area contributed by atoms with Gasteiger partial charge >= 0.3 is 0 Å². The second-order valence-corrected chi connectivity index (χ2v) is 6.75. The van der Waals surface area contributed by atoms with E-state index in [4.69, 9.17) is 0 Å². The number of Topliss-reactive ketones (excluding diaryl/α,β-unsaturated/α-hetero) is 1. The van der Waals surface area contributed by atoms with E-state index in [1.54, 1.807) is 29.2 Å². The molecule has 0 aliphatic carbocycles. The first kappa shape index (κ1) is 17.9. The van der Waals surface area contributed by atoms with Crippen molar-refractivity contribution in [2.75, 3.05) is 16.8 Å². The van der Waals surface area contributed by atoms with Crippen LogP contribution in [0.15, 0.2) is 42.5 Å². The van der Waals surface area contributed by atoms with Crippen LogP contribution >= 0.6 is 0 Å². The molecule has 0 spiro atoms. The minimum atomic E-state index is -0.394. The number of benzene rings is 2. The van der Waals surface area contributed by atoms with Crippen molar-refractivity contribution in [3.8, 4) is 0 Å². The molecular formula is C21H22N2O3. The maximum atomic E-state index is 12.6. The van der Waals surface area contributed by atoms with Gasteiger partial charge in [0.05, 0.1) is 5.92 Å². The van der Waals surface area contributed by atoms with Gasteiger partial charge in [0.1, 0.15) is 0 Å². The molecule has 1 saturated heterocycles. The normalized spacial score (nSPS) is 16.7. The Balaban J connectivity index is 1.71. The standard InChI is InChI=1S/C21H22N2O3/c1-13-5-4-6-19(14(13)2)23-12-17(11-20(23)25)21(26)22-18-9-7-16(8-10-18)15(3)24/h4-10,17H,11-12H2,1-3H3,(H,22,26)/t17-/m0/s1. The highest BCUT2D eigenvalue weighted by atomic mass is 16.2. The van der Waals surface area contributed by atoms with E-state index in [-0.39, 0.29) is 24.0 Å². The highest BCUT2D eigenvalue weighted by molar-refractivity contribution is 6.04. The number of rotatable bonds is 4. The predicted molar refractivity (Wildman–Crippen MR) is 101 cm³/mol. The largest absolute Gasteiger partial charge is 0.326 e. The molecule has 26 heavy (non-hydrogen) atoms. The number of ketones is 1. The molecule has 0 unspecified atom stereocenters. The van der Waals surface area contributed by atoms with Gasteiger partial charge in [0.2, 0.25) is 11.8 Å². The fraction of sp³-hybridized carbons (Fsp3) is 0.286. The van der Waals surface area contributed by atoms with Gasteiger partial charge in [-0.25, -0.2) is 0 Å². The maximum Gasteiger partial charge on any atom is 0.229 e. The lowest BCUT2D eigenvalue weighted by Crippen LogP contribution is -2.28. The topological polar surface area (TPSA) is 66.5 Å². The number of aryl methyl sites for hydroxylation is 1. The molecular weight excluding hydrogens is 328 g/mol. The van der Waals surface area contributed by atoms with Gasteiger partial charge < -0.3 is 10.2 Å². The number of carbonyl (C=O) groups is 3. The van der Waals surface area contributed by atoms with E-state index in [2.05, 4.69) is 5.32 Å². The fourth-order valence-corrected chi connectivity index (χ4v) is 3.18. The van der Waals surface area contributed by atoms with Crippen LogP contribution in [0.25, 0.3) is 0 Å². The third-order valence-corrected chi connectivity index (χ3v) is 4.92. The van der Waals surface area contributed by atoms with Gasteiger partial charge in [0.15, 0.2) is 5.78 Å². The van der Waals surface area contributed by atoms with Crippen molar-refractivity contribution >= 4 is 29.0 Å². The van der Waals surface area contributed by atoms with Crippen LogP contribution < -0.4 is 10.2 Å². The van der Waals surface area contributed by atoms with E-state index in [0.717, 1.165) is 16.8 Å². The minimum Gasteiger partial charge on any atom is -0.326 e. The van der Waals surface area contributed by atoms with Crippen LogP contribution in [-0.4, -0.2) is 24.1 Å². The number of amides is 2. The van der Waals surface area contributed by atoms with Crippen molar-refractivity contribution in [3.63, 3.8) is 0 Å². The summed E-state index contributed by atoms with van der Waals surface area (Å²) in [7, 11) is 0. The smallest absolute Gasteiger partial charge is 0.229 e. The lowest BCUT2D eigenvalue weighted by molar-refractivity contribution is -0.122. The van der Waals surface area contributed by atoms with E-state index < -0.39 is 5.92 Å². The van der Waals surface area contributed by atoms with Crippen molar-refractivity contribution in [3.05, 3.63) is 59.2 Å². The van der Waals surface area contributed by atoms with Crippen LogP contribution in [0.3, 0.4) is 0 Å². The monoisotopic (exact) mass is 350 g/mol. The van der Waals surface area contributed by atoms with Gasteiger partial charge in [-0.3, -0.25) is 14.4 Å². The lowest BCUT2D eigenvalue weighted by atomic mass is 10.1. The first-order valence-corrected chi connectivity index (χ1v) is 8.65. The average Bonchev–Trinajstić information content (AvgIpc) is 2.99. The zero-order valence-corrected chi connectivity index (χ0v) is 15.2. The molecule has 0 aromatic heterocycles. The summed E-state index contributed by atoms with van der Waals surface area (Å²) >= 11 is 0. The van der Waals surface area contributed by atoms with Crippen LogP contribution in [0.5, 0.6) is 0 Å². The number of nitrogens with zero attached hydrogens (tertiary/aromatic N) is 1. The predicted octanol–water partition coefficient (Wildman–Crippen LogP) is 3.50. The van der Waals surface area contributed by atoms with Gasteiger partial charge in [-0.2, -0.15) is 0 Å². The van der Waals surface area contributed by atoms with Gasteiger partial charge in [-0.1, -0.05) is 12.1 Å². The second kappa shape index (κ2) is 7.12. The van der Waals surface area contributed by atoms with Crippen LogP contribution in [0.2, 0.25) is 0 Å². The molecule has 1 fully saturated rings. The summed E-state index contributed by atoms with van der Waals surface area (Å²) in [6, 6.07) is 12.6. The Morgan fingerprint density at radius 1 is 1.08 bits per heavy atom. The number of anilines is 2. The Morgan fingerprint density at radius 2 is 1.77 bits per heavy atom. The molecule has 1 aliphatic heterocycles. The van der Waals surface area contributed by atoms with Gasteiger partial charge in [-0.05, 0) is 62.2 Å². The highest BCUT2D eigenvalue weighted by Gasteiger charge is 2.35. The van der Waals surface area contributed by atoms with E-state index in [9.17, 15) is 14.4 Å². The molecule has 0 saturated carbocycles. The fourth-order valence-electron chi connectivity index (χ4n) is 3.18. The van der Waals surface area contributed by atoms with E-state index in [1.807, 2.05) is 32.0 Å². The molecule has 0 bridgehead atoms. The SMILES string of the molecule is CC(=O)c1ccc(NC(=O)[C@H]2CC(=O)N(c3cccc(C)c3C)C2)cc1. The molecule has 1 heterocycles. The van der Waals surface area contributed by atoms with Crippen LogP contribution in [0.1, 0.15) is 34.8 Å². The number of hydrogen-bond acceptors (Lipinski definition) is 3. The molecule has 5 nitrogen and oxygen atoms in total. The van der Waals surface area contributed by atoms with Crippen LogP contribution in [-0.2, 0) is 9.59 Å². The van der Waals surface area contributed by atoms with Gasteiger partial charge in [0, 0.05) is 29.9 Å². The number of nitrogens with one attached hydrogen (secondary N) is 1. The highest BCUT2D eigenvalue weighted by Crippen LogP contribution is 2.30. The molecule has 1 atom stereocenters. The Hall–Kier alpha value is -2.95. The van der Waals surface area contributed by atoms with Crippen molar-refractivity contribution in [2.24, 2.45) is 5.92 Å². The lowest BCUT2D eigenvalue weighted by Gasteiger charge is -2.20. The molecule has 3 rings (SSSR count). The summed E-state index contributed by atoms with van der Waals surface area (Å²) in [6.07, 6.45) is 0.199. The van der Waals surface area contributed by atoms with Crippen molar-refractivity contribution in [1.82, 2.24) is 0 Å². The average molecular weight is 350 g/mol. The van der Waals surface area contributed by atoms with Crippen molar-refractivity contribution < 1.29 is 14.4 Å². The van der Waals surface area contributed by atoms with Gasteiger partial charge in [0.25, 0.3) is 0 Å². The number of hydrogen-bond donors (Lipinski definition) is 1. The van der Waals surface area contributed by atoms with Crippen molar-refractivity contribution in [1.29, 1.82) is 0 Å². The van der Waals surface area contributed by atoms with E-state index in [0.29, 0.717) is 17.8 Å². The second-order valence-electron chi connectivity index (χ2n) is 6.75. The number of carbonyl (C=O) groups excluding carboxylic acids is 3. The summed E-state index contributed by atoms with van der Waals surface area (Å²) in [4.78, 5) is 38.0. The molecule has 2 aromatic carbocycles. The Bertz CT molecular complexity index is 871. The zero-order chi connectivity index (χ0) is 18.8. The Morgan fingerprint density at radius 3 is 2.42 bits per heavy atom. The summed E-state index contributed by atoms with van der Waals surface area (Å²) in [6.45, 7) is 5.87. The molecule has 2 aromatic rings.